The number of carbonyl (C=O) groups is 1. The van der Waals surface area contributed by atoms with Gasteiger partial charge in [-0.25, -0.2) is 0 Å². The molecule has 2 aromatic carbocycles. The number of nitrogens with one attached hydrogen (secondary N) is 1. The molecule has 0 saturated heterocycles. The van der Waals surface area contributed by atoms with Crippen LogP contribution in [-0.4, -0.2) is 39.8 Å². The lowest BCUT2D eigenvalue weighted by atomic mass is 10.0. The van der Waals surface area contributed by atoms with E-state index in [0.29, 0.717) is 18.1 Å². The van der Waals surface area contributed by atoms with E-state index in [9.17, 15) is 4.79 Å². The summed E-state index contributed by atoms with van der Waals surface area (Å²) in [6, 6.07) is 13.4. The predicted molar refractivity (Wildman–Crippen MR) is 102 cm³/mol. The topological polar surface area (TPSA) is 91.2 Å². The fourth-order valence-electron chi connectivity index (χ4n) is 3.10. The number of carbonyl (C=O) groups excluding carboxylic acids is 1. The summed E-state index contributed by atoms with van der Waals surface area (Å²) in [7, 11) is 1.60. The second-order valence-corrected chi connectivity index (χ2v) is 6.55. The zero-order valence-corrected chi connectivity index (χ0v) is 15.6. The first-order valence-electron chi connectivity index (χ1n) is 9.15. The molecular weight excluding hydrogens is 358 g/mol. The predicted octanol–water partition coefficient (Wildman–Crippen LogP) is 1.99. The zero-order chi connectivity index (χ0) is 19.3. The fourth-order valence-corrected chi connectivity index (χ4v) is 3.10. The Morgan fingerprint density at radius 2 is 2.21 bits per heavy atom. The molecule has 0 aliphatic carbocycles. The van der Waals surface area contributed by atoms with Gasteiger partial charge in [-0.2, -0.15) is 4.80 Å². The van der Waals surface area contributed by atoms with Crippen molar-refractivity contribution in [3.8, 4) is 22.9 Å². The summed E-state index contributed by atoms with van der Waals surface area (Å²) >= 11 is 0. The number of tetrazole rings is 1. The number of benzene rings is 2. The van der Waals surface area contributed by atoms with Crippen molar-refractivity contribution >= 4 is 5.91 Å². The monoisotopic (exact) mass is 379 g/mol. The van der Waals surface area contributed by atoms with Gasteiger partial charge in [0, 0.05) is 12.1 Å². The van der Waals surface area contributed by atoms with E-state index in [1.807, 2.05) is 36.4 Å². The normalized spacial score (nSPS) is 12.8. The molecule has 144 valence electrons. The Bertz CT molecular complexity index is 985. The molecule has 3 aromatic rings. The average molecular weight is 379 g/mol. The van der Waals surface area contributed by atoms with Crippen molar-refractivity contribution < 1.29 is 14.3 Å². The number of aryl methyl sites for hydroxylation is 1. The lowest BCUT2D eigenvalue weighted by Crippen LogP contribution is -2.28. The maximum Gasteiger partial charge on any atom is 0.243 e. The molecule has 0 radical (unpaired) electrons. The van der Waals surface area contributed by atoms with Crippen LogP contribution in [-0.2, 0) is 24.3 Å². The standard InChI is InChI=1S/C20H21N5O3/c1-27-17-6-2-4-16(11-17)20-22-24-25(23-20)13-19(26)21-12-14-7-8-18-15(10-14)5-3-9-28-18/h2,4,6-8,10-11H,3,5,9,12-13H2,1H3,(H,21,26). The smallest absolute Gasteiger partial charge is 0.243 e. The number of ether oxygens (including phenoxy) is 2. The van der Waals surface area contributed by atoms with E-state index in [-0.39, 0.29) is 12.5 Å². The number of methoxy groups -OCH3 is 1. The van der Waals surface area contributed by atoms with Crippen LogP contribution in [0.25, 0.3) is 11.4 Å². The molecule has 28 heavy (non-hydrogen) atoms. The lowest BCUT2D eigenvalue weighted by Gasteiger charge is -2.18. The Kier molecular flexibility index (Phi) is 5.18. The second kappa shape index (κ2) is 8.08. The molecule has 4 rings (SSSR count). The van der Waals surface area contributed by atoms with Gasteiger partial charge in [-0.15, -0.1) is 10.2 Å². The van der Waals surface area contributed by atoms with E-state index in [2.05, 4.69) is 26.8 Å². The summed E-state index contributed by atoms with van der Waals surface area (Å²) in [6.07, 6.45) is 2.03. The highest BCUT2D eigenvalue weighted by molar-refractivity contribution is 5.75. The minimum atomic E-state index is -0.177. The van der Waals surface area contributed by atoms with Crippen molar-refractivity contribution in [1.82, 2.24) is 25.5 Å². The van der Waals surface area contributed by atoms with Crippen molar-refractivity contribution in [2.75, 3.05) is 13.7 Å². The van der Waals surface area contributed by atoms with Crippen LogP contribution in [0.4, 0.5) is 0 Å². The van der Waals surface area contributed by atoms with Crippen molar-refractivity contribution in [2.24, 2.45) is 0 Å². The Morgan fingerprint density at radius 3 is 3.11 bits per heavy atom. The SMILES string of the molecule is COc1cccc(-c2nnn(CC(=O)NCc3ccc4c(c3)CCCO4)n2)c1. The van der Waals surface area contributed by atoms with Gasteiger partial charge in [0.15, 0.2) is 0 Å². The molecule has 2 heterocycles. The highest BCUT2D eigenvalue weighted by Crippen LogP contribution is 2.25. The molecule has 0 saturated carbocycles. The summed E-state index contributed by atoms with van der Waals surface area (Å²) < 4.78 is 10.8. The number of fused-ring (bicyclic) bond motifs is 1. The molecule has 1 amide bonds. The van der Waals surface area contributed by atoms with Gasteiger partial charge in [-0.05, 0) is 47.4 Å². The van der Waals surface area contributed by atoms with Gasteiger partial charge >= 0.3 is 0 Å². The quantitative estimate of drug-likeness (QED) is 0.704. The van der Waals surface area contributed by atoms with Gasteiger partial charge in [0.05, 0.1) is 13.7 Å². The van der Waals surface area contributed by atoms with E-state index in [4.69, 9.17) is 9.47 Å². The number of hydrogen-bond donors (Lipinski definition) is 1. The van der Waals surface area contributed by atoms with Gasteiger partial charge in [0.25, 0.3) is 0 Å². The molecule has 1 aromatic heterocycles. The minimum Gasteiger partial charge on any atom is -0.497 e. The van der Waals surface area contributed by atoms with Crippen molar-refractivity contribution in [1.29, 1.82) is 0 Å². The van der Waals surface area contributed by atoms with E-state index in [1.54, 1.807) is 7.11 Å². The molecular formula is C20H21N5O3. The first-order chi connectivity index (χ1) is 13.7. The molecule has 0 unspecified atom stereocenters. The highest BCUT2D eigenvalue weighted by atomic mass is 16.5. The number of aromatic nitrogens is 4. The molecule has 8 nitrogen and oxygen atoms in total. The van der Waals surface area contributed by atoms with Crippen molar-refractivity contribution in [3.63, 3.8) is 0 Å². The third-order valence-electron chi connectivity index (χ3n) is 4.53. The van der Waals surface area contributed by atoms with Crippen molar-refractivity contribution in [2.45, 2.75) is 25.9 Å². The summed E-state index contributed by atoms with van der Waals surface area (Å²) in [6.45, 7) is 1.22. The average Bonchev–Trinajstić information content (AvgIpc) is 3.20. The first-order valence-corrected chi connectivity index (χ1v) is 9.15. The summed E-state index contributed by atoms with van der Waals surface area (Å²) in [5.74, 6) is 1.92. The Balaban J connectivity index is 1.35. The Labute approximate surface area is 162 Å². The van der Waals surface area contributed by atoms with Crippen LogP contribution in [0.1, 0.15) is 17.5 Å². The van der Waals surface area contributed by atoms with Gasteiger partial charge in [0.1, 0.15) is 18.0 Å². The Hall–Kier alpha value is -3.42. The van der Waals surface area contributed by atoms with Crippen LogP contribution in [0.5, 0.6) is 11.5 Å². The molecule has 1 aliphatic rings. The summed E-state index contributed by atoms with van der Waals surface area (Å²) in [5.41, 5.74) is 3.02. The van der Waals surface area contributed by atoms with Gasteiger partial charge in [-0.1, -0.05) is 24.3 Å². The van der Waals surface area contributed by atoms with Crippen LogP contribution >= 0.6 is 0 Å². The number of rotatable bonds is 6. The Morgan fingerprint density at radius 1 is 1.29 bits per heavy atom. The number of hydrogen-bond acceptors (Lipinski definition) is 6. The van der Waals surface area contributed by atoms with E-state index < -0.39 is 0 Å². The second-order valence-electron chi connectivity index (χ2n) is 6.55. The van der Waals surface area contributed by atoms with Gasteiger partial charge < -0.3 is 14.8 Å². The van der Waals surface area contributed by atoms with E-state index >= 15 is 0 Å². The molecule has 0 bridgehead atoms. The maximum atomic E-state index is 12.2. The zero-order valence-electron chi connectivity index (χ0n) is 15.6. The molecule has 8 heteroatoms. The molecule has 1 aliphatic heterocycles. The van der Waals surface area contributed by atoms with Crippen LogP contribution in [0, 0.1) is 0 Å². The third-order valence-corrected chi connectivity index (χ3v) is 4.53. The maximum absolute atomic E-state index is 12.2. The van der Waals surface area contributed by atoms with Crippen LogP contribution in [0.2, 0.25) is 0 Å². The first kappa shape index (κ1) is 18.0. The number of nitrogens with zero attached hydrogens (tertiary/aromatic N) is 4. The molecule has 0 atom stereocenters. The van der Waals surface area contributed by atoms with Crippen LogP contribution < -0.4 is 14.8 Å². The third kappa shape index (κ3) is 4.11. The van der Waals surface area contributed by atoms with E-state index in [1.165, 1.54) is 10.4 Å². The number of amides is 1. The fraction of sp³-hybridized carbons (Fsp3) is 0.300. The summed E-state index contributed by atoms with van der Waals surface area (Å²) in [5, 5.41) is 15.1. The van der Waals surface area contributed by atoms with Crippen LogP contribution in [0.15, 0.2) is 42.5 Å². The van der Waals surface area contributed by atoms with Gasteiger partial charge in [0.2, 0.25) is 11.7 Å². The van der Waals surface area contributed by atoms with E-state index in [0.717, 1.165) is 36.3 Å². The van der Waals surface area contributed by atoms with Gasteiger partial charge in [-0.3, -0.25) is 4.79 Å². The lowest BCUT2D eigenvalue weighted by molar-refractivity contribution is -0.122. The van der Waals surface area contributed by atoms with Crippen molar-refractivity contribution in [3.05, 3.63) is 53.6 Å². The molecule has 1 N–H and O–H groups in total. The highest BCUT2D eigenvalue weighted by Gasteiger charge is 2.12. The minimum absolute atomic E-state index is 0.00498. The molecule has 0 fully saturated rings. The summed E-state index contributed by atoms with van der Waals surface area (Å²) in [4.78, 5) is 13.5. The molecule has 0 spiro atoms. The van der Waals surface area contributed by atoms with Crippen LogP contribution in [0.3, 0.4) is 0 Å². The largest absolute Gasteiger partial charge is 0.497 e.